The van der Waals surface area contributed by atoms with Crippen molar-refractivity contribution in [3.63, 3.8) is 0 Å². The molecule has 4 bridgehead atoms. The lowest BCUT2D eigenvalue weighted by Gasteiger charge is -2.37. The third-order valence-electron chi connectivity index (χ3n) is 10.3. The second kappa shape index (κ2) is 10.2. The van der Waals surface area contributed by atoms with E-state index in [1.165, 1.54) is 30.7 Å². The van der Waals surface area contributed by atoms with Crippen LogP contribution in [0.25, 0.3) is 32.9 Å². The number of terminal acetylenes is 1. The van der Waals surface area contributed by atoms with E-state index in [1.54, 1.807) is 6.20 Å². The van der Waals surface area contributed by atoms with Crippen LogP contribution in [0.5, 0.6) is 11.8 Å². The zero-order valence-corrected chi connectivity index (χ0v) is 24.6. The second-order valence-corrected chi connectivity index (χ2v) is 13.1. The van der Waals surface area contributed by atoms with Crippen LogP contribution in [-0.4, -0.2) is 75.9 Å². The molecule has 4 aromatic rings. The Morgan fingerprint density at radius 1 is 1.14 bits per heavy atom. The average molecular weight is 597 g/mol. The number of anilines is 1. The van der Waals surface area contributed by atoms with E-state index in [9.17, 15) is 9.50 Å². The monoisotopic (exact) mass is 596 g/mol. The predicted octanol–water partition coefficient (Wildman–Crippen LogP) is 5.00. The van der Waals surface area contributed by atoms with Gasteiger partial charge in [0.15, 0.2) is 5.82 Å². The minimum absolute atomic E-state index is 0.0202. The van der Waals surface area contributed by atoms with Crippen LogP contribution in [-0.2, 0) is 0 Å². The average Bonchev–Trinajstić information content (AvgIpc) is 3.47. The highest BCUT2D eigenvalue weighted by molar-refractivity contribution is 6.03. The number of pyridine rings is 1. The predicted molar refractivity (Wildman–Crippen MR) is 165 cm³/mol. The normalized spacial score (nSPS) is 26.4. The number of hydrogen-bond donors (Lipinski definition) is 2. The quantitative estimate of drug-likeness (QED) is 0.312. The maximum Gasteiger partial charge on any atom is 0.319 e. The summed E-state index contributed by atoms with van der Waals surface area (Å²) >= 11 is 0. The summed E-state index contributed by atoms with van der Waals surface area (Å²) in [5, 5.41) is 15.4. The topological polar surface area (TPSA) is 86.6 Å². The summed E-state index contributed by atoms with van der Waals surface area (Å²) in [4.78, 5) is 18.6. The first-order valence-electron chi connectivity index (χ1n) is 15.5. The molecule has 4 atom stereocenters. The van der Waals surface area contributed by atoms with E-state index in [2.05, 4.69) is 38.1 Å². The number of aromatic nitrogens is 3. The van der Waals surface area contributed by atoms with Crippen molar-refractivity contribution in [3.8, 4) is 35.4 Å². The van der Waals surface area contributed by atoms with Crippen molar-refractivity contribution in [1.82, 2.24) is 25.2 Å². The standard InChI is InChI=1S/C34H34F2N6O2/c1-3-24-27(35)9-6-20-11-23(43)12-25(28(20)24)30-29(36)31-26(14-37-30)32(42-16-21-7-8-22(17-42)38-21)40-33(39-31)44-18-34-10-4-5-19(13-34)15-41(34)2/h1,6,9,11-12,14,19,21-22,38,43H,4-5,7-8,10,13,15-18H2,2H3/t19?,21-,22+,34?. The zero-order chi connectivity index (χ0) is 30.2. The van der Waals surface area contributed by atoms with Crippen molar-refractivity contribution in [2.45, 2.75) is 56.1 Å². The molecule has 0 spiro atoms. The molecule has 10 heteroatoms. The fourth-order valence-electron chi connectivity index (χ4n) is 8.22. The van der Waals surface area contributed by atoms with Gasteiger partial charge in [-0.2, -0.15) is 9.97 Å². The molecular formula is C34H34F2N6O2. The molecule has 226 valence electrons. The fourth-order valence-corrected chi connectivity index (χ4v) is 8.22. The summed E-state index contributed by atoms with van der Waals surface area (Å²) in [7, 11) is 2.16. The molecule has 0 radical (unpaired) electrons. The molecule has 2 unspecified atom stereocenters. The lowest BCUT2D eigenvalue weighted by atomic mass is 9.80. The van der Waals surface area contributed by atoms with Gasteiger partial charge >= 0.3 is 6.01 Å². The Balaban J connectivity index is 1.28. The van der Waals surface area contributed by atoms with Gasteiger partial charge in [0.1, 0.15) is 35.2 Å². The molecule has 8 nitrogen and oxygen atoms in total. The number of nitrogens with one attached hydrogen (secondary N) is 1. The van der Waals surface area contributed by atoms with E-state index in [0.717, 1.165) is 51.7 Å². The van der Waals surface area contributed by atoms with E-state index < -0.39 is 11.6 Å². The van der Waals surface area contributed by atoms with Gasteiger partial charge in [-0.3, -0.25) is 9.88 Å². The van der Waals surface area contributed by atoms with Crippen LogP contribution in [0.2, 0.25) is 0 Å². The molecule has 1 aliphatic carbocycles. The first kappa shape index (κ1) is 27.5. The number of fused-ring (bicyclic) bond motifs is 6. The lowest BCUT2D eigenvalue weighted by molar-refractivity contribution is 0.0773. The van der Waals surface area contributed by atoms with Crippen LogP contribution in [0.4, 0.5) is 14.6 Å². The molecule has 2 N–H and O–H groups in total. The lowest BCUT2D eigenvalue weighted by Crippen LogP contribution is -2.51. The number of hydrogen-bond acceptors (Lipinski definition) is 8. The van der Waals surface area contributed by atoms with Crippen LogP contribution in [0, 0.1) is 29.9 Å². The third kappa shape index (κ3) is 4.36. The molecule has 5 heterocycles. The Morgan fingerprint density at radius 2 is 1.95 bits per heavy atom. The van der Waals surface area contributed by atoms with Gasteiger partial charge in [0, 0.05) is 48.9 Å². The van der Waals surface area contributed by atoms with E-state index in [0.29, 0.717) is 46.6 Å². The molecule has 1 saturated carbocycles. The maximum absolute atomic E-state index is 16.8. The molecule has 3 saturated heterocycles. The van der Waals surface area contributed by atoms with Gasteiger partial charge in [-0.25, -0.2) is 8.78 Å². The van der Waals surface area contributed by atoms with Crippen LogP contribution in [0.1, 0.15) is 44.1 Å². The highest BCUT2D eigenvalue weighted by Gasteiger charge is 2.47. The van der Waals surface area contributed by atoms with Crippen LogP contribution in [0.15, 0.2) is 30.5 Å². The van der Waals surface area contributed by atoms with Crippen molar-refractivity contribution < 1.29 is 18.6 Å². The Hall–Kier alpha value is -4.07. The SMILES string of the molecule is C#Cc1c(F)ccc2cc(O)cc(-c3ncc4c(N5C[C@H]6CC[C@@H](C5)N6)nc(OCC56CCCC(CN5C)C6)nc4c3F)c12. The van der Waals surface area contributed by atoms with Crippen LogP contribution >= 0.6 is 0 Å². The number of halogens is 2. The Morgan fingerprint density at radius 3 is 2.75 bits per heavy atom. The second-order valence-electron chi connectivity index (χ2n) is 13.1. The smallest absolute Gasteiger partial charge is 0.319 e. The van der Waals surface area contributed by atoms with Gasteiger partial charge in [-0.05, 0) is 68.7 Å². The van der Waals surface area contributed by atoms with Crippen LogP contribution in [0.3, 0.4) is 0 Å². The number of likely N-dealkylation sites (N-methyl/N-ethyl adjacent to an activating group) is 1. The molecule has 4 fully saturated rings. The Kier molecular flexibility index (Phi) is 6.40. The number of piperazine rings is 1. The third-order valence-corrected chi connectivity index (χ3v) is 10.3. The van der Waals surface area contributed by atoms with Crippen molar-refractivity contribution in [2.24, 2.45) is 5.92 Å². The van der Waals surface area contributed by atoms with Crippen molar-refractivity contribution >= 4 is 27.5 Å². The van der Waals surface area contributed by atoms with E-state index in [-0.39, 0.29) is 39.6 Å². The van der Waals surface area contributed by atoms with Crippen molar-refractivity contribution in [1.29, 1.82) is 0 Å². The summed E-state index contributed by atoms with van der Waals surface area (Å²) < 4.78 is 38.0. The number of likely N-dealkylation sites (tertiary alicyclic amines) is 1. The van der Waals surface area contributed by atoms with Crippen LogP contribution < -0.4 is 15.0 Å². The summed E-state index contributed by atoms with van der Waals surface area (Å²) in [5.74, 6) is 2.23. The van der Waals surface area contributed by atoms with Gasteiger partial charge in [0.25, 0.3) is 0 Å². The molecule has 0 amide bonds. The van der Waals surface area contributed by atoms with Gasteiger partial charge in [-0.1, -0.05) is 18.4 Å². The molecular weight excluding hydrogens is 562 g/mol. The first-order chi connectivity index (χ1) is 21.3. The van der Waals surface area contributed by atoms with E-state index in [4.69, 9.17) is 16.1 Å². The minimum atomic E-state index is -0.706. The molecule has 44 heavy (non-hydrogen) atoms. The highest BCUT2D eigenvalue weighted by atomic mass is 19.1. The summed E-state index contributed by atoms with van der Waals surface area (Å²) in [5.41, 5.74) is 0.0754. The highest BCUT2D eigenvalue weighted by Crippen LogP contribution is 2.44. The largest absolute Gasteiger partial charge is 0.508 e. The van der Waals surface area contributed by atoms with Gasteiger partial charge in [-0.15, -0.1) is 6.42 Å². The van der Waals surface area contributed by atoms with Crippen molar-refractivity contribution in [3.05, 3.63) is 47.7 Å². The molecule has 2 aromatic carbocycles. The van der Waals surface area contributed by atoms with Crippen molar-refractivity contribution in [2.75, 3.05) is 38.2 Å². The Bertz CT molecular complexity index is 1850. The molecule has 3 aliphatic heterocycles. The molecule has 8 rings (SSSR count). The molecule has 4 aliphatic rings. The van der Waals surface area contributed by atoms with Gasteiger partial charge in [0.2, 0.25) is 0 Å². The number of ether oxygens (including phenoxy) is 1. The first-order valence-corrected chi connectivity index (χ1v) is 15.5. The number of phenolic OH excluding ortho intramolecular Hbond substituents is 1. The number of phenols is 1. The number of nitrogens with zero attached hydrogens (tertiary/aromatic N) is 5. The maximum atomic E-state index is 16.8. The summed E-state index contributed by atoms with van der Waals surface area (Å²) in [6, 6.07) is 6.38. The molecule has 2 aromatic heterocycles. The van der Waals surface area contributed by atoms with E-state index >= 15 is 4.39 Å². The minimum Gasteiger partial charge on any atom is -0.508 e. The summed E-state index contributed by atoms with van der Waals surface area (Å²) in [6.07, 6.45) is 13.9. The van der Waals surface area contributed by atoms with Gasteiger partial charge in [0.05, 0.1) is 16.5 Å². The zero-order valence-electron chi connectivity index (χ0n) is 24.6. The number of benzene rings is 2. The number of rotatable bonds is 5. The number of aromatic hydroxyl groups is 1. The van der Waals surface area contributed by atoms with E-state index in [1.807, 2.05) is 0 Å². The van der Waals surface area contributed by atoms with Gasteiger partial charge < -0.3 is 20.1 Å². The fraction of sp³-hybridized carbons (Fsp3) is 0.441. The summed E-state index contributed by atoms with van der Waals surface area (Å²) in [6.45, 7) is 2.96. The Labute approximate surface area is 254 Å².